The molecule has 1 saturated heterocycles. The van der Waals surface area contributed by atoms with Gasteiger partial charge in [0.15, 0.2) is 0 Å². The number of halogens is 1. The molecule has 0 aromatic heterocycles. The van der Waals surface area contributed by atoms with E-state index >= 15 is 0 Å². The van der Waals surface area contributed by atoms with Gasteiger partial charge in [0.1, 0.15) is 0 Å². The van der Waals surface area contributed by atoms with Crippen LogP contribution < -0.4 is 10.2 Å². The first kappa shape index (κ1) is 18.3. The van der Waals surface area contributed by atoms with Gasteiger partial charge in [-0.3, -0.25) is 4.79 Å². The maximum atomic E-state index is 12.4. The van der Waals surface area contributed by atoms with E-state index in [2.05, 4.69) is 17.1 Å². The Morgan fingerprint density at radius 2 is 1.92 bits per heavy atom. The van der Waals surface area contributed by atoms with Crippen molar-refractivity contribution in [3.63, 3.8) is 0 Å². The van der Waals surface area contributed by atoms with Gasteiger partial charge in [0, 0.05) is 29.4 Å². The smallest absolute Gasteiger partial charge is 0.337 e. The Kier molecular flexibility index (Phi) is 5.47. The Balaban J connectivity index is 1.84. The van der Waals surface area contributed by atoms with E-state index in [0.29, 0.717) is 16.5 Å². The normalized spacial score (nSPS) is 17.0. The minimum absolute atomic E-state index is 0.0861. The molecule has 6 heteroatoms. The zero-order chi connectivity index (χ0) is 18.7. The van der Waals surface area contributed by atoms with Crippen molar-refractivity contribution >= 4 is 34.9 Å². The number of carbonyl (C=O) groups excluding carboxylic acids is 1. The van der Waals surface area contributed by atoms with Crippen LogP contribution in [0.25, 0.3) is 0 Å². The number of anilines is 2. The standard InChI is InChI=1S/C20H21ClN2O3/c1-13-3-2-10-23(12-13)16-8-9-18(17(11-16)20(25)26)22-19(24)14-4-6-15(21)7-5-14/h4-9,11,13H,2-3,10,12H2,1H3,(H,22,24)(H,25,26)/t13-/m1/s1. The predicted octanol–water partition coefficient (Wildman–Crippen LogP) is 4.53. The van der Waals surface area contributed by atoms with E-state index in [1.165, 1.54) is 6.42 Å². The number of amides is 1. The number of carbonyl (C=O) groups is 2. The van der Waals surface area contributed by atoms with E-state index in [-0.39, 0.29) is 17.2 Å². The third kappa shape index (κ3) is 4.17. The van der Waals surface area contributed by atoms with Gasteiger partial charge in [0.25, 0.3) is 5.91 Å². The van der Waals surface area contributed by atoms with Gasteiger partial charge in [-0.2, -0.15) is 0 Å². The number of aromatic carboxylic acids is 1. The van der Waals surface area contributed by atoms with Crippen LogP contribution in [0.2, 0.25) is 5.02 Å². The van der Waals surface area contributed by atoms with Crippen LogP contribution in [0.4, 0.5) is 11.4 Å². The SMILES string of the molecule is C[C@@H]1CCCN(c2ccc(NC(=O)c3ccc(Cl)cc3)c(C(=O)O)c2)C1. The summed E-state index contributed by atoms with van der Waals surface area (Å²) in [7, 11) is 0. The molecule has 2 aromatic rings. The van der Waals surface area contributed by atoms with Gasteiger partial charge in [0.05, 0.1) is 11.3 Å². The van der Waals surface area contributed by atoms with Crippen molar-refractivity contribution in [1.29, 1.82) is 0 Å². The lowest BCUT2D eigenvalue weighted by molar-refractivity contribution is 0.0698. The van der Waals surface area contributed by atoms with E-state index in [1.54, 1.807) is 36.4 Å². The average Bonchev–Trinajstić information content (AvgIpc) is 2.62. The van der Waals surface area contributed by atoms with Crippen molar-refractivity contribution in [3.8, 4) is 0 Å². The summed E-state index contributed by atoms with van der Waals surface area (Å²) in [5, 5.41) is 12.8. The van der Waals surface area contributed by atoms with E-state index in [1.807, 2.05) is 6.07 Å². The number of carboxylic acid groups (broad SMARTS) is 1. The second kappa shape index (κ2) is 7.79. The summed E-state index contributed by atoms with van der Waals surface area (Å²) < 4.78 is 0. The van der Waals surface area contributed by atoms with Crippen molar-refractivity contribution in [2.45, 2.75) is 19.8 Å². The highest BCUT2D eigenvalue weighted by Crippen LogP contribution is 2.28. The molecule has 1 amide bonds. The number of nitrogens with one attached hydrogen (secondary N) is 1. The van der Waals surface area contributed by atoms with Crippen LogP contribution in [0, 0.1) is 5.92 Å². The lowest BCUT2D eigenvalue weighted by Crippen LogP contribution is -2.34. The van der Waals surface area contributed by atoms with Gasteiger partial charge >= 0.3 is 5.97 Å². The fourth-order valence-corrected chi connectivity index (χ4v) is 3.36. The minimum Gasteiger partial charge on any atom is -0.478 e. The topological polar surface area (TPSA) is 69.6 Å². The van der Waals surface area contributed by atoms with Crippen molar-refractivity contribution in [3.05, 3.63) is 58.6 Å². The number of rotatable bonds is 4. The summed E-state index contributed by atoms with van der Waals surface area (Å²) in [4.78, 5) is 26.3. The minimum atomic E-state index is -1.07. The van der Waals surface area contributed by atoms with Crippen LogP contribution in [-0.2, 0) is 0 Å². The van der Waals surface area contributed by atoms with Crippen molar-refractivity contribution in [1.82, 2.24) is 0 Å². The number of carboxylic acids is 1. The molecule has 2 N–H and O–H groups in total. The highest BCUT2D eigenvalue weighted by molar-refractivity contribution is 6.30. The van der Waals surface area contributed by atoms with E-state index in [4.69, 9.17) is 11.6 Å². The molecule has 0 radical (unpaired) electrons. The molecule has 26 heavy (non-hydrogen) atoms. The quantitative estimate of drug-likeness (QED) is 0.827. The van der Waals surface area contributed by atoms with Crippen LogP contribution >= 0.6 is 11.6 Å². The summed E-state index contributed by atoms with van der Waals surface area (Å²) in [5.74, 6) is -0.854. The highest BCUT2D eigenvalue weighted by atomic mass is 35.5. The van der Waals surface area contributed by atoms with Crippen LogP contribution in [0.15, 0.2) is 42.5 Å². The number of piperidine rings is 1. The molecule has 0 spiro atoms. The first-order chi connectivity index (χ1) is 12.4. The fourth-order valence-electron chi connectivity index (χ4n) is 3.23. The second-order valence-electron chi connectivity index (χ2n) is 6.69. The van der Waals surface area contributed by atoms with Gasteiger partial charge in [-0.25, -0.2) is 4.79 Å². The fraction of sp³-hybridized carbons (Fsp3) is 0.300. The first-order valence-electron chi connectivity index (χ1n) is 8.63. The Morgan fingerprint density at radius 1 is 1.19 bits per heavy atom. The molecule has 1 heterocycles. The summed E-state index contributed by atoms with van der Waals surface area (Å²) in [6.07, 6.45) is 2.29. The maximum Gasteiger partial charge on any atom is 0.337 e. The van der Waals surface area contributed by atoms with Crippen molar-refractivity contribution in [2.24, 2.45) is 5.92 Å². The third-order valence-corrected chi connectivity index (χ3v) is 4.86. The second-order valence-corrected chi connectivity index (χ2v) is 7.13. The van der Waals surface area contributed by atoms with Gasteiger partial charge < -0.3 is 15.3 Å². The van der Waals surface area contributed by atoms with Gasteiger partial charge in [-0.15, -0.1) is 0 Å². The molecule has 1 atom stereocenters. The molecule has 3 rings (SSSR count). The zero-order valence-corrected chi connectivity index (χ0v) is 15.3. The van der Waals surface area contributed by atoms with E-state index in [9.17, 15) is 14.7 Å². The lowest BCUT2D eigenvalue weighted by Gasteiger charge is -2.33. The molecule has 0 bridgehead atoms. The van der Waals surface area contributed by atoms with Crippen LogP contribution in [0.3, 0.4) is 0 Å². The molecule has 1 aliphatic rings. The monoisotopic (exact) mass is 372 g/mol. The van der Waals surface area contributed by atoms with Gasteiger partial charge in [0.2, 0.25) is 0 Å². The van der Waals surface area contributed by atoms with E-state index in [0.717, 1.165) is 25.2 Å². The summed E-state index contributed by atoms with van der Waals surface area (Å²) in [5.41, 5.74) is 1.66. The molecular weight excluding hydrogens is 352 g/mol. The Labute approximate surface area is 157 Å². The Morgan fingerprint density at radius 3 is 2.58 bits per heavy atom. The van der Waals surface area contributed by atoms with Crippen LogP contribution in [-0.4, -0.2) is 30.1 Å². The predicted molar refractivity (Wildman–Crippen MR) is 103 cm³/mol. The molecule has 2 aromatic carbocycles. The van der Waals surface area contributed by atoms with Crippen molar-refractivity contribution in [2.75, 3.05) is 23.3 Å². The van der Waals surface area contributed by atoms with E-state index < -0.39 is 5.97 Å². The summed E-state index contributed by atoms with van der Waals surface area (Å²) in [6.45, 7) is 4.03. The number of hydrogen-bond donors (Lipinski definition) is 2. The summed E-state index contributed by atoms with van der Waals surface area (Å²) >= 11 is 5.83. The first-order valence-corrected chi connectivity index (χ1v) is 9.01. The maximum absolute atomic E-state index is 12.4. The average molecular weight is 373 g/mol. The zero-order valence-electron chi connectivity index (χ0n) is 14.5. The molecule has 136 valence electrons. The molecule has 1 aliphatic heterocycles. The van der Waals surface area contributed by atoms with Gasteiger partial charge in [-0.05, 0) is 61.2 Å². The third-order valence-electron chi connectivity index (χ3n) is 4.61. The van der Waals surface area contributed by atoms with Crippen molar-refractivity contribution < 1.29 is 14.7 Å². The van der Waals surface area contributed by atoms with Gasteiger partial charge in [-0.1, -0.05) is 18.5 Å². The molecule has 0 saturated carbocycles. The lowest BCUT2D eigenvalue weighted by atomic mass is 9.99. The molecule has 5 nitrogen and oxygen atoms in total. The molecule has 1 fully saturated rings. The van der Waals surface area contributed by atoms with Crippen LogP contribution in [0.1, 0.15) is 40.5 Å². The largest absolute Gasteiger partial charge is 0.478 e. The molecule has 0 unspecified atom stereocenters. The molecular formula is C20H21ClN2O3. The Hall–Kier alpha value is -2.53. The highest BCUT2D eigenvalue weighted by Gasteiger charge is 2.20. The number of nitrogens with zero attached hydrogens (tertiary/aromatic N) is 1. The number of hydrogen-bond acceptors (Lipinski definition) is 3. The Bertz CT molecular complexity index is 820. The molecule has 0 aliphatic carbocycles. The summed E-state index contributed by atoms with van der Waals surface area (Å²) in [6, 6.07) is 11.6. The number of benzene rings is 2. The van der Waals surface area contributed by atoms with Crippen LogP contribution in [0.5, 0.6) is 0 Å².